The van der Waals surface area contributed by atoms with E-state index in [4.69, 9.17) is 0 Å². The minimum Gasteiger partial charge on any atom is -0.335 e. The van der Waals surface area contributed by atoms with Crippen LogP contribution < -0.4 is 0 Å². The summed E-state index contributed by atoms with van der Waals surface area (Å²) >= 11 is 0. The molecule has 0 aromatic carbocycles. The Morgan fingerprint density at radius 2 is 2.17 bits per heavy atom. The van der Waals surface area contributed by atoms with Crippen LogP contribution in [0.4, 0.5) is 0 Å². The first-order chi connectivity index (χ1) is 5.88. The smallest absolute Gasteiger partial charge is 0.108 e. The minimum atomic E-state index is 1.11. The maximum absolute atomic E-state index is 4.32. The third kappa shape index (κ3) is 2.36. The number of nitrogens with zero attached hydrogens (tertiary/aromatic N) is 2. The fourth-order valence-corrected chi connectivity index (χ4v) is 1.32. The van der Waals surface area contributed by atoms with E-state index >= 15 is 0 Å². The second-order valence-electron chi connectivity index (χ2n) is 3.14. The van der Waals surface area contributed by atoms with Gasteiger partial charge in [0, 0.05) is 25.4 Å². The molecular weight excluding hydrogens is 148 g/mol. The Bertz CT molecular complexity index is 215. The summed E-state index contributed by atoms with van der Waals surface area (Å²) in [6, 6.07) is 0. The van der Waals surface area contributed by atoms with E-state index in [2.05, 4.69) is 29.6 Å². The fraction of sp³-hybridized carbons (Fsp3) is 0.700. The highest BCUT2D eigenvalue weighted by atomic mass is 15.1. The highest BCUT2D eigenvalue weighted by Crippen LogP contribution is 2.03. The van der Waals surface area contributed by atoms with Crippen molar-refractivity contribution in [3.8, 4) is 0 Å². The summed E-state index contributed by atoms with van der Waals surface area (Å²) in [4.78, 5) is 4.32. The summed E-state index contributed by atoms with van der Waals surface area (Å²) in [7, 11) is 0. The molecule has 0 aliphatic heterocycles. The molecule has 1 rings (SSSR count). The number of aryl methyl sites for hydroxylation is 2. The number of hydrogen-bond donors (Lipinski definition) is 0. The van der Waals surface area contributed by atoms with Crippen LogP contribution in [-0.4, -0.2) is 9.55 Å². The van der Waals surface area contributed by atoms with Crippen LogP contribution in [0.5, 0.6) is 0 Å². The molecule has 0 spiro atoms. The number of hydrogen-bond acceptors (Lipinski definition) is 1. The lowest BCUT2D eigenvalue weighted by Gasteiger charge is -2.04. The van der Waals surface area contributed by atoms with Crippen molar-refractivity contribution in [3.05, 3.63) is 18.2 Å². The molecule has 0 amide bonds. The van der Waals surface area contributed by atoms with Crippen molar-refractivity contribution >= 4 is 0 Å². The lowest BCUT2D eigenvalue weighted by Crippen LogP contribution is -2.02. The van der Waals surface area contributed by atoms with Gasteiger partial charge in [-0.25, -0.2) is 4.98 Å². The first-order valence-electron chi connectivity index (χ1n) is 4.88. The predicted octanol–water partition coefficient (Wildman–Crippen LogP) is 2.64. The Kier molecular flexibility index (Phi) is 3.85. The largest absolute Gasteiger partial charge is 0.335 e. The molecule has 0 N–H and O–H groups in total. The Morgan fingerprint density at radius 3 is 2.83 bits per heavy atom. The quantitative estimate of drug-likeness (QED) is 0.657. The summed E-state index contributed by atoms with van der Waals surface area (Å²) in [5, 5.41) is 0. The van der Waals surface area contributed by atoms with Gasteiger partial charge in [-0.3, -0.25) is 0 Å². The fourth-order valence-electron chi connectivity index (χ4n) is 1.32. The molecule has 2 nitrogen and oxygen atoms in total. The van der Waals surface area contributed by atoms with Crippen molar-refractivity contribution in [2.45, 2.75) is 46.1 Å². The third-order valence-electron chi connectivity index (χ3n) is 2.03. The Morgan fingerprint density at radius 1 is 1.33 bits per heavy atom. The van der Waals surface area contributed by atoms with Crippen LogP contribution in [-0.2, 0) is 13.0 Å². The molecule has 1 heterocycles. The SMILES string of the molecule is CCCCn1ccnc1CCC. The Balaban J connectivity index is 2.51. The summed E-state index contributed by atoms with van der Waals surface area (Å²) in [5.74, 6) is 1.24. The molecule has 0 atom stereocenters. The zero-order valence-corrected chi connectivity index (χ0v) is 8.08. The van der Waals surface area contributed by atoms with E-state index in [0.29, 0.717) is 0 Å². The van der Waals surface area contributed by atoms with Crippen LogP contribution >= 0.6 is 0 Å². The van der Waals surface area contributed by atoms with Gasteiger partial charge < -0.3 is 4.57 Å². The molecule has 0 saturated heterocycles. The maximum Gasteiger partial charge on any atom is 0.108 e. The second-order valence-corrected chi connectivity index (χ2v) is 3.14. The molecule has 0 fully saturated rings. The van der Waals surface area contributed by atoms with Gasteiger partial charge in [0.2, 0.25) is 0 Å². The number of imidazole rings is 1. The van der Waals surface area contributed by atoms with Gasteiger partial charge in [-0.15, -0.1) is 0 Å². The van der Waals surface area contributed by atoms with E-state index < -0.39 is 0 Å². The molecule has 68 valence electrons. The third-order valence-corrected chi connectivity index (χ3v) is 2.03. The van der Waals surface area contributed by atoms with E-state index in [1.54, 1.807) is 0 Å². The molecule has 2 heteroatoms. The molecule has 0 radical (unpaired) electrons. The minimum absolute atomic E-state index is 1.11. The van der Waals surface area contributed by atoms with Gasteiger partial charge in [0.1, 0.15) is 5.82 Å². The monoisotopic (exact) mass is 166 g/mol. The van der Waals surface area contributed by atoms with Crippen molar-refractivity contribution in [1.82, 2.24) is 9.55 Å². The maximum atomic E-state index is 4.32. The highest BCUT2D eigenvalue weighted by molar-refractivity contribution is 4.91. The first kappa shape index (κ1) is 9.30. The van der Waals surface area contributed by atoms with Crippen molar-refractivity contribution in [2.75, 3.05) is 0 Å². The average Bonchev–Trinajstić information content (AvgIpc) is 2.50. The second kappa shape index (κ2) is 4.96. The number of rotatable bonds is 5. The predicted molar refractivity (Wildman–Crippen MR) is 51.1 cm³/mol. The molecular formula is C10H18N2. The standard InChI is InChI=1S/C10H18N2/c1-3-5-8-12-9-7-11-10(12)6-4-2/h7,9H,3-6,8H2,1-2H3. The van der Waals surface area contributed by atoms with Crippen LogP contribution in [0.3, 0.4) is 0 Å². The molecule has 1 aromatic heterocycles. The van der Waals surface area contributed by atoms with Gasteiger partial charge in [0.25, 0.3) is 0 Å². The lowest BCUT2D eigenvalue weighted by atomic mass is 10.3. The molecule has 12 heavy (non-hydrogen) atoms. The zero-order valence-electron chi connectivity index (χ0n) is 8.08. The molecule has 0 saturated carbocycles. The van der Waals surface area contributed by atoms with E-state index in [9.17, 15) is 0 Å². The van der Waals surface area contributed by atoms with Gasteiger partial charge in [0.05, 0.1) is 0 Å². The van der Waals surface area contributed by atoms with E-state index in [0.717, 1.165) is 13.0 Å². The first-order valence-corrected chi connectivity index (χ1v) is 4.88. The Hall–Kier alpha value is -0.790. The summed E-state index contributed by atoms with van der Waals surface area (Å²) < 4.78 is 2.27. The van der Waals surface area contributed by atoms with Crippen molar-refractivity contribution < 1.29 is 0 Å². The normalized spacial score (nSPS) is 10.5. The van der Waals surface area contributed by atoms with E-state index in [-0.39, 0.29) is 0 Å². The van der Waals surface area contributed by atoms with Gasteiger partial charge >= 0.3 is 0 Å². The molecule has 1 aromatic rings. The van der Waals surface area contributed by atoms with Crippen LogP contribution in [0, 0.1) is 0 Å². The van der Waals surface area contributed by atoms with Crippen LogP contribution in [0.25, 0.3) is 0 Å². The van der Waals surface area contributed by atoms with Gasteiger partial charge in [0.15, 0.2) is 0 Å². The van der Waals surface area contributed by atoms with Crippen LogP contribution in [0.1, 0.15) is 38.9 Å². The summed E-state index contributed by atoms with van der Waals surface area (Å²) in [5.41, 5.74) is 0. The molecule has 0 aliphatic rings. The summed E-state index contributed by atoms with van der Waals surface area (Å²) in [6.45, 7) is 5.54. The van der Waals surface area contributed by atoms with Crippen LogP contribution in [0.2, 0.25) is 0 Å². The molecule has 0 unspecified atom stereocenters. The van der Waals surface area contributed by atoms with Gasteiger partial charge in [-0.05, 0) is 12.8 Å². The van der Waals surface area contributed by atoms with Gasteiger partial charge in [-0.2, -0.15) is 0 Å². The molecule has 0 aliphatic carbocycles. The number of aromatic nitrogens is 2. The lowest BCUT2D eigenvalue weighted by molar-refractivity contribution is 0.598. The Labute approximate surface area is 74.6 Å². The average molecular weight is 166 g/mol. The van der Waals surface area contributed by atoms with E-state index in [1.165, 1.54) is 25.1 Å². The van der Waals surface area contributed by atoms with Gasteiger partial charge in [-0.1, -0.05) is 20.3 Å². The highest BCUT2D eigenvalue weighted by Gasteiger charge is 1.99. The summed E-state index contributed by atoms with van der Waals surface area (Å²) in [6.07, 6.45) is 8.79. The zero-order chi connectivity index (χ0) is 8.81. The van der Waals surface area contributed by atoms with Crippen molar-refractivity contribution in [2.24, 2.45) is 0 Å². The van der Waals surface area contributed by atoms with Crippen molar-refractivity contribution in [3.63, 3.8) is 0 Å². The number of unbranched alkanes of at least 4 members (excludes halogenated alkanes) is 1. The van der Waals surface area contributed by atoms with E-state index in [1.807, 2.05) is 6.20 Å². The topological polar surface area (TPSA) is 17.8 Å². The van der Waals surface area contributed by atoms with Crippen molar-refractivity contribution in [1.29, 1.82) is 0 Å². The molecule has 0 bridgehead atoms. The van der Waals surface area contributed by atoms with Crippen LogP contribution in [0.15, 0.2) is 12.4 Å².